The lowest BCUT2D eigenvalue weighted by Crippen LogP contribution is -2.58. The van der Waals surface area contributed by atoms with Crippen molar-refractivity contribution >= 4 is 29.6 Å². The van der Waals surface area contributed by atoms with E-state index in [1.807, 2.05) is 5.32 Å². The smallest absolute Gasteiger partial charge is 0.328 e. The van der Waals surface area contributed by atoms with Crippen molar-refractivity contribution < 1.29 is 39.3 Å². The second kappa shape index (κ2) is 14.2. The first kappa shape index (κ1) is 27.2. The quantitative estimate of drug-likeness (QED) is 0.111. The van der Waals surface area contributed by atoms with Gasteiger partial charge in [0.1, 0.15) is 18.1 Å². The van der Waals surface area contributed by atoms with Gasteiger partial charge in [-0.05, 0) is 25.8 Å². The minimum Gasteiger partial charge on any atom is -0.480 e. The van der Waals surface area contributed by atoms with Crippen molar-refractivity contribution in [2.24, 2.45) is 17.2 Å². The van der Waals surface area contributed by atoms with Crippen LogP contribution < -0.4 is 33.2 Å². The number of aliphatic hydroxyl groups is 2. The topological polar surface area (TPSA) is 260 Å². The molecule has 0 heterocycles. The van der Waals surface area contributed by atoms with E-state index in [9.17, 15) is 29.1 Å². The molecule has 0 saturated carbocycles. The van der Waals surface area contributed by atoms with Crippen LogP contribution in [0.15, 0.2) is 0 Å². The molecule has 0 aliphatic carbocycles. The maximum Gasteiger partial charge on any atom is 0.328 e. The molecule has 0 aromatic heterocycles. The molecule has 0 radical (unpaired) electrons. The third-order valence-electron chi connectivity index (χ3n) is 3.95. The first-order chi connectivity index (χ1) is 14.1. The number of nitrogens with one attached hydrogen (secondary N) is 3. The number of carboxylic acid groups (broad SMARTS) is 1. The molecule has 0 aromatic carbocycles. The van der Waals surface area contributed by atoms with E-state index in [1.165, 1.54) is 0 Å². The van der Waals surface area contributed by atoms with E-state index >= 15 is 0 Å². The molecule has 30 heavy (non-hydrogen) atoms. The Balaban J connectivity index is 5.17. The van der Waals surface area contributed by atoms with E-state index in [-0.39, 0.29) is 6.42 Å². The first-order valence-electron chi connectivity index (χ1n) is 9.16. The van der Waals surface area contributed by atoms with Crippen LogP contribution in [0.2, 0.25) is 0 Å². The Morgan fingerprint density at radius 1 is 0.800 bits per heavy atom. The Hall–Kier alpha value is -2.81. The third-order valence-corrected chi connectivity index (χ3v) is 3.95. The monoisotopic (exact) mass is 434 g/mol. The molecule has 0 spiro atoms. The average Bonchev–Trinajstić information content (AvgIpc) is 2.68. The van der Waals surface area contributed by atoms with Crippen LogP contribution >= 0.6 is 0 Å². The predicted molar refractivity (Wildman–Crippen MR) is 102 cm³/mol. The Labute approximate surface area is 172 Å². The number of amides is 4. The molecule has 4 atom stereocenters. The van der Waals surface area contributed by atoms with Crippen molar-refractivity contribution in [1.29, 1.82) is 0 Å². The normalized spacial score (nSPS) is 14.7. The minimum absolute atomic E-state index is 0.117. The molecule has 0 fully saturated rings. The molecule has 12 N–H and O–H groups in total. The number of aliphatic carboxylic acids is 1. The van der Waals surface area contributed by atoms with Gasteiger partial charge < -0.3 is 48.5 Å². The van der Waals surface area contributed by atoms with Crippen LogP contribution in [0.25, 0.3) is 0 Å². The van der Waals surface area contributed by atoms with Crippen molar-refractivity contribution in [1.82, 2.24) is 16.0 Å². The van der Waals surface area contributed by atoms with Crippen LogP contribution in [0.1, 0.15) is 25.7 Å². The number of hydrogen-bond donors (Lipinski definition) is 9. The fraction of sp³-hybridized carbons (Fsp3) is 0.688. The van der Waals surface area contributed by atoms with E-state index in [2.05, 4.69) is 10.6 Å². The molecule has 0 saturated heterocycles. The molecular formula is C16H30N6O8. The molecule has 14 heteroatoms. The van der Waals surface area contributed by atoms with Crippen molar-refractivity contribution in [2.75, 3.05) is 19.8 Å². The van der Waals surface area contributed by atoms with Gasteiger partial charge in [0.05, 0.1) is 25.7 Å². The van der Waals surface area contributed by atoms with E-state index in [1.54, 1.807) is 0 Å². The molecule has 4 amide bonds. The van der Waals surface area contributed by atoms with Crippen LogP contribution in [0.4, 0.5) is 0 Å². The van der Waals surface area contributed by atoms with E-state index in [0.29, 0.717) is 19.4 Å². The van der Waals surface area contributed by atoms with Crippen molar-refractivity contribution in [3.05, 3.63) is 0 Å². The molecule has 0 aliphatic rings. The van der Waals surface area contributed by atoms with Crippen molar-refractivity contribution in [2.45, 2.75) is 49.9 Å². The van der Waals surface area contributed by atoms with Crippen LogP contribution in [0.5, 0.6) is 0 Å². The van der Waals surface area contributed by atoms with Gasteiger partial charge in [0.15, 0.2) is 0 Å². The predicted octanol–water partition coefficient (Wildman–Crippen LogP) is -5.16. The lowest BCUT2D eigenvalue weighted by Gasteiger charge is -2.24. The summed E-state index contributed by atoms with van der Waals surface area (Å²) in [4.78, 5) is 58.5. The highest BCUT2D eigenvalue weighted by Gasteiger charge is 2.29. The Kier molecular flexibility index (Phi) is 12.9. The fourth-order valence-electron chi connectivity index (χ4n) is 2.27. The van der Waals surface area contributed by atoms with Gasteiger partial charge in [-0.25, -0.2) is 4.79 Å². The van der Waals surface area contributed by atoms with Gasteiger partial charge in [0, 0.05) is 0 Å². The van der Waals surface area contributed by atoms with Crippen LogP contribution in [-0.4, -0.2) is 88.8 Å². The first-order valence-corrected chi connectivity index (χ1v) is 9.16. The fourth-order valence-corrected chi connectivity index (χ4v) is 2.27. The van der Waals surface area contributed by atoms with Gasteiger partial charge in [0.25, 0.3) is 0 Å². The van der Waals surface area contributed by atoms with Gasteiger partial charge in [0.2, 0.25) is 23.6 Å². The van der Waals surface area contributed by atoms with Gasteiger partial charge >= 0.3 is 5.97 Å². The average molecular weight is 434 g/mol. The maximum absolute atomic E-state index is 12.5. The molecule has 0 bridgehead atoms. The summed E-state index contributed by atoms with van der Waals surface area (Å²) in [6, 6.07) is -5.63. The highest BCUT2D eigenvalue weighted by atomic mass is 16.4. The van der Waals surface area contributed by atoms with Gasteiger partial charge in [-0.1, -0.05) is 0 Å². The molecule has 172 valence electrons. The number of rotatable bonds is 15. The zero-order chi connectivity index (χ0) is 23.3. The van der Waals surface area contributed by atoms with E-state index < -0.39 is 73.4 Å². The maximum atomic E-state index is 12.5. The number of nitrogens with two attached hydrogens (primary N) is 3. The van der Waals surface area contributed by atoms with Gasteiger partial charge in [-0.2, -0.15) is 0 Å². The Bertz CT molecular complexity index is 617. The largest absolute Gasteiger partial charge is 0.480 e. The lowest BCUT2D eigenvalue weighted by molar-refractivity contribution is -0.143. The Morgan fingerprint density at radius 3 is 1.77 bits per heavy atom. The van der Waals surface area contributed by atoms with Gasteiger partial charge in [-0.15, -0.1) is 0 Å². The second-order valence-electron chi connectivity index (χ2n) is 6.45. The van der Waals surface area contributed by atoms with E-state index in [4.69, 9.17) is 27.4 Å². The summed E-state index contributed by atoms with van der Waals surface area (Å²) in [6.45, 7) is -1.44. The number of carboxylic acids is 1. The van der Waals surface area contributed by atoms with Crippen LogP contribution in [0, 0.1) is 0 Å². The number of hydrogen-bond acceptors (Lipinski definition) is 9. The summed E-state index contributed by atoms with van der Waals surface area (Å²) in [5.74, 6) is -5.04. The Morgan fingerprint density at radius 2 is 1.30 bits per heavy atom. The minimum atomic E-state index is -1.63. The standard InChI is InChI=1S/C16H30N6O8/c17-4-2-1-3-9(20-13(26)8(18)5-12(19)25)14(27)21-10(6-23)15(28)22-11(7-24)16(29)30/h8-11,23-24H,1-7,17-18H2,(H2,19,25)(H,20,26)(H,21,27)(H,22,28)(H,29,30). The molecular weight excluding hydrogens is 404 g/mol. The highest BCUT2D eigenvalue weighted by Crippen LogP contribution is 2.03. The summed E-state index contributed by atoms with van der Waals surface area (Å²) >= 11 is 0. The zero-order valence-electron chi connectivity index (χ0n) is 16.4. The number of unbranched alkanes of at least 4 members (excludes halogenated alkanes) is 1. The summed E-state index contributed by atoms with van der Waals surface area (Å²) in [5.41, 5.74) is 15.9. The summed E-state index contributed by atoms with van der Waals surface area (Å²) in [7, 11) is 0. The second-order valence-corrected chi connectivity index (χ2v) is 6.45. The summed E-state index contributed by atoms with van der Waals surface area (Å²) in [5, 5.41) is 33.7. The summed E-state index contributed by atoms with van der Waals surface area (Å²) in [6.07, 6.45) is 0.643. The molecule has 14 nitrogen and oxygen atoms in total. The zero-order valence-corrected chi connectivity index (χ0v) is 16.4. The third kappa shape index (κ3) is 10.1. The highest BCUT2D eigenvalue weighted by molar-refractivity contribution is 5.95. The molecule has 0 rings (SSSR count). The SMILES string of the molecule is NCCCCC(NC(=O)C(N)CC(N)=O)C(=O)NC(CO)C(=O)NC(CO)C(=O)O. The summed E-state index contributed by atoms with van der Waals surface area (Å²) < 4.78 is 0. The van der Waals surface area contributed by atoms with Crippen molar-refractivity contribution in [3.8, 4) is 0 Å². The number of aliphatic hydroxyl groups excluding tert-OH is 2. The van der Waals surface area contributed by atoms with Crippen molar-refractivity contribution in [3.63, 3.8) is 0 Å². The molecule has 0 aliphatic heterocycles. The molecule has 0 aromatic rings. The van der Waals surface area contributed by atoms with E-state index in [0.717, 1.165) is 0 Å². The van der Waals surface area contributed by atoms with Gasteiger partial charge in [-0.3, -0.25) is 19.2 Å². The van der Waals surface area contributed by atoms with Crippen LogP contribution in [-0.2, 0) is 24.0 Å². The number of carbonyl (C=O) groups is 5. The number of primary amides is 1. The van der Waals surface area contributed by atoms with Crippen LogP contribution in [0.3, 0.4) is 0 Å². The lowest BCUT2D eigenvalue weighted by atomic mass is 10.1. The molecule has 4 unspecified atom stereocenters. The number of carbonyl (C=O) groups excluding carboxylic acids is 4.